The molecule has 0 unspecified atom stereocenters. The number of hydrogen-bond donors (Lipinski definition) is 3. The maximum atomic E-state index is 13.4. The Morgan fingerprint density at radius 3 is 1.35 bits per heavy atom. The molecule has 0 fully saturated rings. The summed E-state index contributed by atoms with van der Waals surface area (Å²) in [6.07, 6.45) is 5.32. The number of carbonyl (C=O) groups excluding carboxylic acids is 5. The number of esters is 2. The summed E-state index contributed by atoms with van der Waals surface area (Å²) in [5.74, 6) is -1.80. The fourth-order valence-corrected chi connectivity index (χ4v) is 5.69. The first kappa shape index (κ1) is 48.3. The maximum Gasteiger partial charge on any atom is 0.408 e. The Kier molecular flexibility index (Phi) is 17.2. The van der Waals surface area contributed by atoms with Crippen molar-refractivity contribution in [3.05, 3.63) is 143 Å². The molecule has 0 heterocycles. The van der Waals surface area contributed by atoms with E-state index in [-0.39, 0.29) is 41.6 Å². The van der Waals surface area contributed by atoms with Crippen LogP contribution in [0.5, 0.6) is 23.0 Å². The topological polar surface area (TPSA) is 185 Å². The SMILES string of the molecule is COc1cc(/C=C/C(=O)C=C(O)/C=C/c2ccc(OC(=O)[C@H](Cc3ccccc3)NC(=O)OC(C)(C)C)c(OC)c2)ccc1OC(=O)[C@H](Cc1ccccc1)NC(=O)OC(C)(C)C. The van der Waals surface area contributed by atoms with Crippen molar-refractivity contribution in [2.75, 3.05) is 14.2 Å². The van der Waals surface area contributed by atoms with Crippen LogP contribution in [0.15, 0.2) is 121 Å². The summed E-state index contributed by atoms with van der Waals surface area (Å²) in [6.45, 7) is 10.3. The number of methoxy groups -OCH3 is 2. The van der Waals surface area contributed by atoms with Gasteiger partial charge in [0.05, 0.1) is 14.2 Å². The summed E-state index contributed by atoms with van der Waals surface area (Å²) in [5.41, 5.74) is 1.09. The van der Waals surface area contributed by atoms with Crippen molar-refractivity contribution in [1.29, 1.82) is 0 Å². The molecule has 0 aliphatic rings. The van der Waals surface area contributed by atoms with Crippen LogP contribution in [0, 0.1) is 0 Å². The third-order valence-corrected chi connectivity index (χ3v) is 8.49. The predicted octanol–water partition coefficient (Wildman–Crippen LogP) is 8.52. The largest absolute Gasteiger partial charge is 0.508 e. The van der Waals surface area contributed by atoms with Crippen molar-refractivity contribution >= 4 is 42.1 Å². The lowest BCUT2D eigenvalue weighted by Gasteiger charge is -2.23. The number of ether oxygens (including phenoxy) is 6. The normalized spacial score (nSPS) is 12.8. The molecule has 0 spiro atoms. The van der Waals surface area contributed by atoms with Gasteiger partial charge >= 0.3 is 24.1 Å². The molecule has 63 heavy (non-hydrogen) atoms. The Morgan fingerprint density at radius 1 is 0.571 bits per heavy atom. The van der Waals surface area contributed by atoms with E-state index in [1.54, 1.807) is 65.8 Å². The van der Waals surface area contributed by atoms with E-state index in [0.717, 1.165) is 17.2 Å². The van der Waals surface area contributed by atoms with Crippen LogP contribution in [0.4, 0.5) is 9.59 Å². The minimum atomic E-state index is -1.08. The molecule has 2 amide bonds. The Morgan fingerprint density at radius 2 is 0.968 bits per heavy atom. The van der Waals surface area contributed by atoms with E-state index in [9.17, 15) is 29.1 Å². The van der Waals surface area contributed by atoms with Crippen LogP contribution in [0.3, 0.4) is 0 Å². The molecule has 0 radical (unpaired) electrons. The lowest BCUT2D eigenvalue weighted by Crippen LogP contribution is -2.46. The highest BCUT2D eigenvalue weighted by Crippen LogP contribution is 2.31. The molecular formula is C49H54N2O12. The monoisotopic (exact) mass is 862 g/mol. The lowest BCUT2D eigenvalue weighted by atomic mass is 10.1. The van der Waals surface area contributed by atoms with Crippen molar-refractivity contribution in [2.24, 2.45) is 0 Å². The van der Waals surface area contributed by atoms with Gasteiger partial charge in [0.1, 0.15) is 29.0 Å². The number of ketones is 1. The molecule has 14 nitrogen and oxygen atoms in total. The first-order valence-corrected chi connectivity index (χ1v) is 20.0. The van der Waals surface area contributed by atoms with Gasteiger partial charge in [0.25, 0.3) is 0 Å². The highest BCUT2D eigenvalue weighted by atomic mass is 16.6. The molecule has 4 aromatic carbocycles. The molecule has 0 aliphatic carbocycles. The molecule has 4 rings (SSSR count). The van der Waals surface area contributed by atoms with E-state index < -0.39 is 53.2 Å². The molecule has 2 atom stereocenters. The number of aliphatic hydroxyl groups excluding tert-OH is 1. The molecule has 0 saturated heterocycles. The van der Waals surface area contributed by atoms with E-state index in [2.05, 4.69) is 10.6 Å². The summed E-state index contributed by atoms with van der Waals surface area (Å²) in [5, 5.41) is 15.7. The summed E-state index contributed by atoms with van der Waals surface area (Å²) < 4.78 is 33.0. The van der Waals surface area contributed by atoms with Gasteiger partial charge in [-0.1, -0.05) is 84.9 Å². The second kappa shape index (κ2) is 22.5. The zero-order chi connectivity index (χ0) is 46.2. The van der Waals surface area contributed by atoms with Gasteiger partial charge in [-0.05, 0) is 100 Å². The van der Waals surface area contributed by atoms with Crippen molar-refractivity contribution in [1.82, 2.24) is 10.6 Å². The van der Waals surface area contributed by atoms with Crippen molar-refractivity contribution < 1.29 is 57.5 Å². The minimum Gasteiger partial charge on any atom is -0.508 e. The van der Waals surface area contributed by atoms with Crippen molar-refractivity contribution in [3.8, 4) is 23.0 Å². The quantitative estimate of drug-likeness (QED) is 0.0303. The first-order valence-electron chi connectivity index (χ1n) is 20.0. The van der Waals surface area contributed by atoms with Gasteiger partial charge in [-0.15, -0.1) is 0 Å². The number of alkyl carbamates (subject to hydrolysis) is 2. The van der Waals surface area contributed by atoms with Crippen LogP contribution < -0.4 is 29.6 Å². The number of hydrogen-bond acceptors (Lipinski definition) is 12. The maximum absolute atomic E-state index is 13.4. The molecule has 0 saturated carbocycles. The molecular weight excluding hydrogens is 809 g/mol. The number of benzene rings is 4. The number of amides is 2. The van der Waals surface area contributed by atoms with Crippen LogP contribution >= 0.6 is 0 Å². The summed E-state index contributed by atoms with van der Waals surface area (Å²) in [7, 11) is 2.79. The van der Waals surface area contributed by atoms with Crippen LogP contribution in [-0.4, -0.2) is 72.5 Å². The van der Waals surface area contributed by atoms with Crippen LogP contribution in [0.2, 0.25) is 0 Å². The van der Waals surface area contributed by atoms with Crippen LogP contribution in [-0.2, 0) is 36.7 Å². The summed E-state index contributed by atoms with van der Waals surface area (Å²) in [4.78, 5) is 64.7. The molecule has 0 aromatic heterocycles. The van der Waals surface area contributed by atoms with Gasteiger partial charge in [-0.3, -0.25) is 4.79 Å². The molecule has 0 bridgehead atoms. The van der Waals surface area contributed by atoms with E-state index in [4.69, 9.17) is 28.4 Å². The number of nitrogens with one attached hydrogen (secondary N) is 2. The van der Waals surface area contributed by atoms with Gasteiger partial charge < -0.3 is 44.2 Å². The third kappa shape index (κ3) is 16.9. The highest BCUT2D eigenvalue weighted by Gasteiger charge is 2.29. The van der Waals surface area contributed by atoms with Crippen molar-refractivity contribution in [2.45, 2.75) is 77.7 Å². The standard InChI is InChI=1S/C49H54N2O12/c1-48(2,3)62-46(56)50-38(27-32-15-11-9-12-16-32)44(54)60-40-25-21-34(29-42(40)58-7)19-23-36(52)31-37(53)24-20-35-22-26-41(43(30-35)59-8)61-45(55)39(28-33-17-13-10-14-18-33)51-47(57)63-49(4,5)6/h9-26,29-31,38-39,52H,27-28H2,1-8H3,(H,50,56)(H,51,57)/b23-19+,24-20+,36-31?/t38-,39-/m0/s1. The number of rotatable bonds is 17. The van der Waals surface area contributed by atoms with E-state index in [0.29, 0.717) is 11.1 Å². The Labute approximate surface area is 367 Å². The average molecular weight is 863 g/mol. The third-order valence-electron chi connectivity index (χ3n) is 8.49. The average Bonchev–Trinajstić information content (AvgIpc) is 3.21. The second-order valence-electron chi connectivity index (χ2n) is 16.1. The highest BCUT2D eigenvalue weighted by molar-refractivity contribution is 6.02. The molecule has 4 aromatic rings. The van der Waals surface area contributed by atoms with E-state index in [1.807, 2.05) is 60.7 Å². The van der Waals surface area contributed by atoms with Crippen LogP contribution in [0.25, 0.3) is 12.2 Å². The molecule has 14 heteroatoms. The van der Waals surface area contributed by atoms with Crippen molar-refractivity contribution in [3.63, 3.8) is 0 Å². The Balaban J connectivity index is 1.40. The summed E-state index contributed by atoms with van der Waals surface area (Å²) >= 11 is 0. The predicted molar refractivity (Wildman–Crippen MR) is 238 cm³/mol. The number of allylic oxidation sites excluding steroid dienone is 3. The first-order chi connectivity index (χ1) is 29.8. The van der Waals surface area contributed by atoms with E-state index >= 15 is 0 Å². The number of carbonyl (C=O) groups is 5. The zero-order valence-corrected chi connectivity index (χ0v) is 36.6. The van der Waals surface area contributed by atoms with Gasteiger partial charge in [0.2, 0.25) is 0 Å². The van der Waals surface area contributed by atoms with E-state index in [1.165, 1.54) is 50.7 Å². The van der Waals surface area contributed by atoms with Gasteiger partial charge in [-0.25, -0.2) is 19.2 Å². The Hall–Kier alpha value is -7.35. The zero-order valence-electron chi connectivity index (χ0n) is 36.6. The second-order valence-corrected chi connectivity index (χ2v) is 16.1. The Bertz CT molecular complexity index is 2310. The molecule has 0 aliphatic heterocycles. The smallest absolute Gasteiger partial charge is 0.408 e. The van der Waals surface area contributed by atoms with Gasteiger partial charge in [0.15, 0.2) is 28.8 Å². The lowest BCUT2D eigenvalue weighted by molar-refractivity contribution is -0.137. The number of aliphatic hydroxyl groups is 1. The molecule has 332 valence electrons. The minimum absolute atomic E-state index is 0.0861. The van der Waals surface area contributed by atoms with Gasteiger partial charge in [0, 0.05) is 18.9 Å². The fraction of sp³-hybridized carbons (Fsp3) is 0.286. The summed E-state index contributed by atoms with van der Waals surface area (Å²) in [6, 6.07) is 25.4. The van der Waals surface area contributed by atoms with Gasteiger partial charge in [-0.2, -0.15) is 0 Å². The fourth-order valence-electron chi connectivity index (χ4n) is 5.69. The van der Waals surface area contributed by atoms with Crippen LogP contribution in [0.1, 0.15) is 63.8 Å². The molecule has 3 N–H and O–H groups in total.